The van der Waals surface area contributed by atoms with Crippen molar-refractivity contribution in [1.82, 2.24) is 9.78 Å². The summed E-state index contributed by atoms with van der Waals surface area (Å²) in [5, 5.41) is 9.92. The molecule has 1 amide bonds. The zero-order valence-corrected chi connectivity index (χ0v) is 14.7. The van der Waals surface area contributed by atoms with Crippen molar-refractivity contribution in [3.05, 3.63) is 44.8 Å². The van der Waals surface area contributed by atoms with Crippen molar-refractivity contribution >= 4 is 33.2 Å². The second-order valence-corrected chi connectivity index (χ2v) is 6.24. The molecule has 2 aromatic rings. The van der Waals surface area contributed by atoms with E-state index in [4.69, 9.17) is 4.74 Å². The summed E-state index contributed by atoms with van der Waals surface area (Å²) in [5.41, 5.74) is 2.37. The molecule has 0 spiro atoms. The molecule has 0 saturated carbocycles. The van der Waals surface area contributed by atoms with Crippen molar-refractivity contribution < 1.29 is 9.53 Å². The molecule has 0 saturated heterocycles. The molecule has 1 aliphatic heterocycles. The molecule has 7 nitrogen and oxygen atoms in total. The van der Waals surface area contributed by atoms with E-state index in [0.29, 0.717) is 29.7 Å². The lowest BCUT2D eigenvalue weighted by atomic mass is 10.0. The third kappa shape index (κ3) is 3.59. The quantitative estimate of drug-likeness (QED) is 0.759. The highest BCUT2D eigenvalue weighted by Crippen LogP contribution is 2.26. The zero-order chi connectivity index (χ0) is 17.1. The SMILES string of the molecule is Cn1ncc(NCCOc2ccc3c(c2)CCC(=O)N3)c(Br)c1=O. The number of aryl methyl sites for hydroxylation is 2. The highest BCUT2D eigenvalue weighted by Gasteiger charge is 2.15. The molecular formula is C16H17BrN4O3. The van der Waals surface area contributed by atoms with Crippen molar-refractivity contribution in [3.63, 3.8) is 0 Å². The lowest BCUT2D eigenvalue weighted by Gasteiger charge is -2.17. The minimum atomic E-state index is -0.197. The van der Waals surface area contributed by atoms with Gasteiger partial charge in [0, 0.05) is 25.7 Å². The monoisotopic (exact) mass is 392 g/mol. The predicted molar refractivity (Wildman–Crippen MR) is 94.6 cm³/mol. The summed E-state index contributed by atoms with van der Waals surface area (Å²) in [4.78, 5) is 23.1. The average molecular weight is 393 g/mol. The number of nitrogens with zero attached hydrogens (tertiary/aromatic N) is 2. The second-order valence-electron chi connectivity index (χ2n) is 5.44. The number of ether oxygens (including phenoxy) is 1. The van der Waals surface area contributed by atoms with Gasteiger partial charge in [0.15, 0.2) is 0 Å². The Bertz CT molecular complexity index is 835. The molecule has 0 bridgehead atoms. The maximum atomic E-state index is 11.8. The number of nitrogens with one attached hydrogen (secondary N) is 2. The topological polar surface area (TPSA) is 85.2 Å². The van der Waals surface area contributed by atoms with Crippen molar-refractivity contribution in [3.8, 4) is 5.75 Å². The molecule has 24 heavy (non-hydrogen) atoms. The maximum absolute atomic E-state index is 11.8. The number of hydrogen-bond donors (Lipinski definition) is 2. The van der Waals surface area contributed by atoms with Crippen LogP contribution in [0.1, 0.15) is 12.0 Å². The number of benzene rings is 1. The molecule has 2 N–H and O–H groups in total. The van der Waals surface area contributed by atoms with Crippen LogP contribution in [-0.2, 0) is 18.3 Å². The first-order chi connectivity index (χ1) is 11.5. The molecule has 1 aliphatic rings. The van der Waals surface area contributed by atoms with Gasteiger partial charge in [-0.3, -0.25) is 9.59 Å². The highest BCUT2D eigenvalue weighted by molar-refractivity contribution is 9.10. The number of carbonyl (C=O) groups excluding carboxylic acids is 1. The summed E-state index contributed by atoms with van der Waals surface area (Å²) in [6, 6.07) is 5.64. The van der Waals surface area contributed by atoms with Crippen molar-refractivity contribution in [2.24, 2.45) is 7.05 Å². The van der Waals surface area contributed by atoms with Crippen LogP contribution in [-0.4, -0.2) is 28.8 Å². The Balaban J connectivity index is 1.55. The molecule has 0 aliphatic carbocycles. The lowest BCUT2D eigenvalue weighted by molar-refractivity contribution is -0.116. The number of carbonyl (C=O) groups is 1. The van der Waals surface area contributed by atoms with E-state index in [0.717, 1.165) is 23.4 Å². The van der Waals surface area contributed by atoms with Crippen molar-refractivity contribution in [2.45, 2.75) is 12.8 Å². The van der Waals surface area contributed by atoms with Gasteiger partial charge >= 0.3 is 0 Å². The fourth-order valence-electron chi connectivity index (χ4n) is 2.44. The van der Waals surface area contributed by atoms with E-state index in [-0.39, 0.29) is 11.5 Å². The normalized spacial score (nSPS) is 13.2. The van der Waals surface area contributed by atoms with Gasteiger partial charge in [0.2, 0.25) is 5.91 Å². The number of hydrogen-bond acceptors (Lipinski definition) is 5. The van der Waals surface area contributed by atoms with Crippen LogP contribution in [0.25, 0.3) is 0 Å². The number of amides is 1. The molecule has 1 aromatic carbocycles. The standard InChI is InChI=1S/C16H17BrN4O3/c1-21-16(23)15(17)13(9-19-21)18-6-7-24-11-3-4-12-10(8-11)2-5-14(22)20-12/h3-4,8-9,18H,2,5-7H2,1H3,(H,20,22). The van der Waals surface area contributed by atoms with E-state index in [9.17, 15) is 9.59 Å². The molecule has 1 aromatic heterocycles. The van der Waals surface area contributed by atoms with Crippen LogP contribution < -0.4 is 20.9 Å². The molecule has 0 unspecified atom stereocenters. The van der Waals surface area contributed by atoms with Crippen LogP contribution in [0.4, 0.5) is 11.4 Å². The van der Waals surface area contributed by atoms with Crippen LogP contribution in [0.15, 0.2) is 33.7 Å². The van der Waals surface area contributed by atoms with Crippen LogP contribution in [0.3, 0.4) is 0 Å². The maximum Gasteiger partial charge on any atom is 0.282 e. The Hall–Kier alpha value is -2.35. The van der Waals surface area contributed by atoms with E-state index in [1.807, 2.05) is 18.2 Å². The molecule has 2 heterocycles. The summed E-state index contributed by atoms with van der Waals surface area (Å²) < 4.78 is 7.43. The van der Waals surface area contributed by atoms with Gasteiger partial charge in [0.1, 0.15) is 16.8 Å². The number of rotatable bonds is 5. The second kappa shape index (κ2) is 7.04. The van der Waals surface area contributed by atoms with Gasteiger partial charge in [-0.1, -0.05) is 0 Å². The first-order valence-electron chi connectivity index (χ1n) is 7.56. The number of fused-ring (bicyclic) bond motifs is 1. The Morgan fingerprint density at radius 3 is 3.04 bits per heavy atom. The first-order valence-corrected chi connectivity index (χ1v) is 8.35. The average Bonchev–Trinajstić information content (AvgIpc) is 2.58. The predicted octanol–water partition coefficient (Wildman–Crippen LogP) is 1.92. The van der Waals surface area contributed by atoms with Gasteiger partial charge in [-0.05, 0) is 46.1 Å². The van der Waals surface area contributed by atoms with Crippen LogP contribution in [0.2, 0.25) is 0 Å². The largest absolute Gasteiger partial charge is 0.492 e. The lowest BCUT2D eigenvalue weighted by Crippen LogP contribution is -2.22. The molecule has 0 atom stereocenters. The van der Waals surface area contributed by atoms with E-state index in [1.165, 1.54) is 4.68 Å². The summed E-state index contributed by atoms with van der Waals surface area (Å²) in [6.45, 7) is 0.966. The number of anilines is 2. The fourth-order valence-corrected chi connectivity index (χ4v) is 2.94. The zero-order valence-electron chi connectivity index (χ0n) is 13.1. The molecular weight excluding hydrogens is 376 g/mol. The van der Waals surface area contributed by atoms with Crippen LogP contribution >= 0.6 is 15.9 Å². The minimum absolute atomic E-state index is 0.0496. The Morgan fingerprint density at radius 2 is 2.21 bits per heavy atom. The molecule has 0 fully saturated rings. The third-order valence-corrected chi connectivity index (χ3v) is 4.50. The number of halogens is 1. The van der Waals surface area contributed by atoms with Gasteiger partial charge < -0.3 is 15.4 Å². The first kappa shape index (κ1) is 16.5. The van der Waals surface area contributed by atoms with Crippen LogP contribution in [0.5, 0.6) is 5.75 Å². The van der Waals surface area contributed by atoms with E-state index < -0.39 is 0 Å². The highest BCUT2D eigenvalue weighted by atomic mass is 79.9. The van der Waals surface area contributed by atoms with Gasteiger partial charge in [-0.2, -0.15) is 5.10 Å². The van der Waals surface area contributed by atoms with Gasteiger partial charge in [-0.25, -0.2) is 4.68 Å². The van der Waals surface area contributed by atoms with E-state index >= 15 is 0 Å². The van der Waals surface area contributed by atoms with Gasteiger partial charge in [-0.15, -0.1) is 0 Å². The summed E-state index contributed by atoms with van der Waals surface area (Å²) in [5.74, 6) is 0.807. The summed E-state index contributed by atoms with van der Waals surface area (Å²) in [6.07, 6.45) is 2.82. The molecule has 126 valence electrons. The van der Waals surface area contributed by atoms with Crippen LogP contribution in [0, 0.1) is 0 Å². The van der Waals surface area contributed by atoms with E-state index in [1.54, 1.807) is 13.2 Å². The van der Waals surface area contributed by atoms with Crippen molar-refractivity contribution in [1.29, 1.82) is 0 Å². The Morgan fingerprint density at radius 1 is 1.38 bits per heavy atom. The smallest absolute Gasteiger partial charge is 0.282 e. The fraction of sp³-hybridized carbons (Fsp3) is 0.312. The summed E-state index contributed by atoms with van der Waals surface area (Å²) in [7, 11) is 1.60. The minimum Gasteiger partial charge on any atom is -0.492 e. The Labute approximate surface area is 147 Å². The van der Waals surface area contributed by atoms with Crippen molar-refractivity contribution in [2.75, 3.05) is 23.8 Å². The molecule has 0 radical (unpaired) electrons. The van der Waals surface area contributed by atoms with Gasteiger partial charge in [0.05, 0.1) is 11.9 Å². The molecule has 3 rings (SSSR count). The molecule has 8 heteroatoms. The van der Waals surface area contributed by atoms with Gasteiger partial charge in [0.25, 0.3) is 5.56 Å². The Kier molecular flexibility index (Phi) is 4.84. The van der Waals surface area contributed by atoms with E-state index in [2.05, 4.69) is 31.7 Å². The third-order valence-electron chi connectivity index (χ3n) is 3.74. The summed E-state index contributed by atoms with van der Waals surface area (Å²) >= 11 is 3.26. The number of aromatic nitrogens is 2.